The SMILES string of the molecule is COCCN(CCCCc1ccc2c(n1)NCCC2)CC[C@H](NC(=O)OC(C)c1ccccc1F)C(=O)O. The number of alkyl carbamates (subject to hydrolysis) is 1. The summed E-state index contributed by atoms with van der Waals surface area (Å²) in [7, 11) is 1.63. The molecule has 1 aromatic carbocycles. The van der Waals surface area contributed by atoms with Crippen LogP contribution in [-0.2, 0) is 27.1 Å². The van der Waals surface area contributed by atoms with Gasteiger partial charge in [-0.2, -0.15) is 0 Å². The number of aliphatic carboxylic acids is 1. The molecule has 2 heterocycles. The highest BCUT2D eigenvalue weighted by Gasteiger charge is 2.24. The Morgan fingerprint density at radius 1 is 1.18 bits per heavy atom. The van der Waals surface area contributed by atoms with Gasteiger partial charge in [0, 0.05) is 38.0 Å². The predicted octanol–water partition coefficient (Wildman–Crippen LogP) is 4.18. The molecule has 38 heavy (non-hydrogen) atoms. The average molecular weight is 531 g/mol. The summed E-state index contributed by atoms with van der Waals surface area (Å²) in [5.41, 5.74) is 2.57. The van der Waals surface area contributed by atoms with E-state index in [-0.39, 0.29) is 12.0 Å². The molecule has 0 saturated carbocycles. The van der Waals surface area contributed by atoms with E-state index in [0.717, 1.165) is 56.7 Å². The van der Waals surface area contributed by atoms with Crippen molar-refractivity contribution in [2.45, 2.75) is 57.6 Å². The van der Waals surface area contributed by atoms with Crippen molar-refractivity contribution >= 4 is 17.9 Å². The Hall–Kier alpha value is -3.24. The van der Waals surface area contributed by atoms with Gasteiger partial charge in [0.15, 0.2) is 0 Å². The lowest BCUT2D eigenvalue weighted by Gasteiger charge is -2.24. The number of rotatable bonds is 15. The standard InChI is InChI=1S/C28H39FN4O5/c1-20(23-10-3-4-11-24(23)29)38-28(36)32-25(27(34)35)14-17-33(18-19-37-2)16-6-5-9-22-13-12-21-8-7-15-30-26(21)31-22/h3-4,10-13,20,25H,5-9,14-19H2,1-2H3,(H,30,31)(H,32,36)(H,34,35)/t20?,25-/m0/s1. The monoisotopic (exact) mass is 530 g/mol. The molecule has 0 fully saturated rings. The van der Waals surface area contributed by atoms with E-state index in [2.05, 4.69) is 27.7 Å². The number of carbonyl (C=O) groups excluding carboxylic acids is 1. The minimum atomic E-state index is -1.15. The molecule has 10 heteroatoms. The number of carboxylic acids is 1. The minimum absolute atomic E-state index is 0.195. The van der Waals surface area contributed by atoms with Crippen molar-refractivity contribution in [3.63, 3.8) is 0 Å². The minimum Gasteiger partial charge on any atom is -0.480 e. The van der Waals surface area contributed by atoms with Crippen molar-refractivity contribution in [2.75, 3.05) is 45.2 Å². The molecule has 2 aromatic rings. The van der Waals surface area contributed by atoms with Crippen molar-refractivity contribution in [1.82, 2.24) is 15.2 Å². The van der Waals surface area contributed by atoms with Gasteiger partial charge in [-0.1, -0.05) is 24.3 Å². The molecule has 0 radical (unpaired) electrons. The molecular formula is C28H39FN4O5. The number of aromatic nitrogens is 1. The normalized spacial score (nSPS) is 14.3. The van der Waals surface area contributed by atoms with Gasteiger partial charge in [-0.3, -0.25) is 0 Å². The van der Waals surface area contributed by atoms with Crippen LogP contribution in [-0.4, -0.2) is 73.0 Å². The van der Waals surface area contributed by atoms with Crippen LogP contribution in [0.2, 0.25) is 0 Å². The second-order valence-corrected chi connectivity index (χ2v) is 9.53. The van der Waals surface area contributed by atoms with Gasteiger partial charge in [-0.25, -0.2) is 19.0 Å². The van der Waals surface area contributed by atoms with Crippen molar-refractivity contribution in [2.24, 2.45) is 0 Å². The third kappa shape index (κ3) is 9.25. The van der Waals surface area contributed by atoms with Crippen LogP contribution in [0.15, 0.2) is 36.4 Å². The van der Waals surface area contributed by atoms with E-state index >= 15 is 0 Å². The molecule has 1 unspecified atom stereocenters. The zero-order valence-corrected chi connectivity index (χ0v) is 22.2. The highest BCUT2D eigenvalue weighted by Crippen LogP contribution is 2.21. The maximum Gasteiger partial charge on any atom is 0.408 e. The Morgan fingerprint density at radius 2 is 2.00 bits per heavy atom. The number of hydrogen-bond donors (Lipinski definition) is 3. The van der Waals surface area contributed by atoms with Crippen LogP contribution in [0, 0.1) is 5.82 Å². The van der Waals surface area contributed by atoms with Gasteiger partial charge < -0.3 is 30.1 Å². The first-order chi connectivity index (χ1) is 18.4. The number of unbranched alkanes of at least 4 members (excludes halogenated alkanes) is 1. The highest BCUT2D eigenvalue weighted by molar-refractivity contribution is 5.79. The van der Waals surface area contributed by atoms with Crippen LogP contribution in [0.3, 0.4) is 0 Å². The second kappa shape index (κ2) is 15.2. The van der Waals surface area contributed by atoms with Crippen molar-refractivity contribution in [3.05, 3.63) is 59.0 Å². The number of benzene rings is 1. The number of aryl methyl sites for hydroxylation is 2. The first kappa shape index (κ1) is 29.3. The quantitative estimate of drug-likeness (QED) is 0.294. The smallest absolute Gasteiger partial charge is 0.408 e. The zero-order chi connectivity index (χ0) is 27.3. The lowest BCUT2D eigenvalue weighted by Crippen LogP contribution is -2.44. The first-order valence-electron chi connectivity index (χ1n) is 13.3. The third-order valence-corrected chi connectivity index (χ3v) is 6.67. The van der Waals surface area contributed by atoms with Crippen LogP contribution in [0.5, 0.6) is 0 Å². The lowest BCUT2D eigenvalue weighted by molar-refractivity contribution is -0.139. The molecule has 9 nitrogen and oxygen atoms in total. The van der Waals surface area contributed by atoms with Crippen molar-refractivity contribution in [3.8, 4) is 0 Å². The number of nitrogens with one attached hydrogen (secondary N) is 2. The number of amides is 1. The number of halogens is 1. The van der Waals surface area contributed by atoms with Gasteiger partial charge in [0.05, 0.1) is 6.61 Å². The molecule has 3 rings (SSSR count). The van der Waals surface area contributed by atoms with E-state index in [0.29, 0.717) is 19.7 Å². The fourth-order valence-corrected chi connectivity index (χ4v) is 4.48. The predicted molar refractivity (Wildman–Crippen MR) is 143 cm³/mol. The number of carboxylic acid groups (broad SMARTS) is 1. The molecule has 1 aliphatic heterocycles. The fourth-order valence-electron chi connectivity index (χ4n) is 4.48. The molecule has 1 aliphatic rings. The fraction of sp³-hybridized carbons (Fsp3) is 0.536. The summed E-state index contributed by atoms with van der Waals surface area (Å²) >= 11 is 0. The second-order valence-electron chi connectivity index (χ2n) is 9.53. The molecule has 1 amide bonds. The molecule has 0 bridgehead atoms. The van der Waals surface area contributed by atoms with Crippen LogP contribution < -0.4 is 10.6 Å². The summed E-state index contributed by atoms with van der Waals surface area (Å²) in [6.45, 7) is 4.91. The average Bonchev–Trinajstić information content (AvgIpc) is 2.91. The van der Waals surface area contributed by atoms with E-state index in [9.17, 15) is 19.1 Å². The molecule has 2 atom stereocenters. The van der Waals surface area contributed by atoms with Gasteiger partial charge in [-0.15, -0.1) is 0 Å². The summed E-state index contributed by atoms with van der Waals surface area (Å²) in [5, 5.41) is 15.4. The number of anilines is 1. The maximum atomic E-state index is 14.0. The van der Waals surface area contributed by atoms with Gasteiger partial charge >= 0.3 is 12.1 Å². The number of fused-ring (bicyclic) bond motifs is 1. The van der Waals surface area contributed by atoms with E-state index in [1.807, 2.05) is 0 Å². The molecular weight excluding hydrogens is 491 g/mol. The van der Waals surface area contributed by atoms with Crippen LogP contribution in [0.1, 0.15) is 55.5 Å². The van der Waals surface area contributed by atoms with E-state index in [4.69, 9.17) is 14.5 Å². The van der Waals surface area contributed by atoms with Crippen LogP contribution >= 0.6 is 0 Å². The summed E-state index contributed by atoms with van der Waals surface area (Å²) in [6.07, 6.45) is 3.39. The van der Waals surface area contributed by atoms with Crippen LogP contribution in [0.4, 0.5) is 15.0 Å². The Labute approximate surface area is 223 Å². The van der Waals surface area contributed by atoms with E-state index in [1.54, 1.807) is 19.2 Å². The number of carbonyl (C=O) groups is 2. The number of hydrogen-bond acceptors (Lipinski definition) is 7. The number of nitrogens with zero attached hydrogens (tertiary/aromatic N) is 2. The first-order valence-corrected chi connectivity index (χ1v) is 13.3. The molecule has 3 N–H and O–H groups in total. The lowest BCUT2D eigenvalue weighted by atomic mass is 10.1. The number of ether oxygens (including phenoxy) is 2. The molecule has 0 saturated heterocycles. The van der Waals surface area contributed by atoms with Gasteiger partial charge in [-0.05, 0) is 69.7 Å². The zero-order valence-electron chi connectivity index (χ0n) is 22.2. The highest BCUT2D eigenvalue weighted by atomic mass is 19.1. The molecule has 1 aromatic heterocycles. The van der Waals surface area contributed by atoms with Crippen molar-refractivity contribution < 1.29 is 28.6 Å². The molecule has 0 spiro atoms. The van der Waals surface area contributed by atoms with E-state index in [1.165, 1.54) is 24.6 Å². The summed E-state index contributed by atoms with van der Waals surface area (Å²) < 4.78 is 24.4. The van der Waals surface area contributed by atoms with Crippen molar-refractivity contribution in [1.29, 1.82) is 0 Å². The van der Waals surface area contributed by atoms with E-state index < -0.39 is 30.0 Å². The van der Waals surface area contributed by atoms with Gasteiger partial charge in [0.1, 0.15) is 23.8 Å². The molecule has 208 valence electrons. The Morgan fingerprint density at radius 3 is 2.76 bits per heavy atom. The maximum absolute atomic E-state index is 14.0. The Balaban J connectivity index is 1.45. The topological polar surface area (TPSA) is 113 Å². The summed E-state index contributed by atoms with van der Waals surface area (Å²) in [5.74, 6) is -0.640. The Kier molecular flexibility index (Phi) is 11.8. The number of methoxy groups -OCH3 is 1. The third-order valence-electron chi connectivity index (χ3n) is 6.67. The van der Waals surface area contributed by atoms with Gasteiger partial charge in [0.2, 0.25) is 0 Å². The van der Waals surface area contributed by atoms with Gasteiger partial charge in [0.25, 0.3) is 0 Å². The Bertz CT molecular complexity index is 1050. The summed E-state index contributed by atoms with van der Waals surface area (Å²) in [4.78, 5) is 31.0. The molecule has 0 aliphatic carbocycles. The summed E-state index contributed by atoms with van der Waals surface area (Å²) in [6, 6.07) is 9.12. The largest absolute Gasteiger partial charge is 0.480 e. The van der Waals surface area contributed by atoms with Crippen LogP contribution in [0.25, 0.3) is 0 Å². The number of pyridine rings is 1.